The summed E-state index contributed by atoms with van der Waals surface area (Å²) >= 11 is 12.1. The van der Waals surface area contributed by atoms with Crippen molar-refractivity contribution in [1.82, 2.24) is 14.7 Å². The van der Waals surface area contributed by atoms with Crippen LogP contribution in [0, 0.1) is 5.92 Å². The van der Waals surface area contributed by atoms with Crippen LogP contribution in [0.2, 0.25) is 10.0 Å². The average molecular weight is 603 g/mol. The molecular weight excluding hydrogens is 569 g/mol. The van der Waals surface area contributed by atoms with E-state index in [-0.39, 0.29) is 36.2 Å². The van der Waals surface area contributed by atoms with Crippen LogP contribution in [-0.2, 0) is 19.1 Å². The fourth-order valence-electron chi connectivity index (χ4n) is 5.95. The van der Waals surface area contributed by atoms with Crippen molar-refractivity contribution in [2.24, 2.45) is 5.92 Å². The zero-order valence-electron chi connectivity index (χ0n) is 22.9. The van der Waals surface area contributed by atoms with Crippen molar-refractivity contribution in [2.45, 2.75) is 44.4 Å². The lowest BCUT2D eigenvalue weighted by Crippen LogP contribution is -2.60. The Morgan fingerprint density at radius 2 is 1.56 bits per heavy atom. The van der Waals surface area contributed by atoms with Crippen molar-refractivity contribution >= 4 is 46.9 Å². The number of piperidine rings is 2. The molecule has 2 aromatic rings. The molecule has 1 spiro atoms. The maximum Gasteiger partial charge on any atom is 0.309 e. The maximum atomic E-state index is 13.9. The number of halogens is 2. The number of ether oxygens (including phenoxy) is 2. The largest absolute Gasteiger partial charge is 0.466 e. The van der Waals surface area contributed by atoms with E-state index in [1.165, 1.54) is 0 Å². The first kappa shape index (κ1) is 29.4. The van der Waals surface area contributed by atoms with Gasteiger partial charge in [0.2, 0.25) is 5.91 Å². The topological polar surface area (TPSA) is 96.5 Å². The molecule has 1 atom stereocenters. The van der Waals surface area contributed by atoms with Crippen LogP contribution in [-0.4, -0.2) is 89.6 Å². The number of esters is 1. The number of rotatable bonds is 5. The van der Waals surface area contributed by atoms with Gasteiger partial charge in [0.25, 0.3) is 11.8 Å². The van der Waals surface area contributed by atoms with Gasteiger partial charge in [-0.15, -0.1) is 0 Å². The molecule has 0 aliphatic carbocycles. The van der Waals surface area contributed by atoms with Crippen LogP contribution < -0.4 is 0 Å². The smallest absolute Gasteiger partial charge is 0.309 e. The summed E-state index contributed by atoms with van der Waals surface area (Å²) in [7, 11) is 0. The molecule has 11 heteroatoms. The van der Waals surface area contributed by atoms with Crippen LogP contribution in [0.25, 0.3) is 0 Å². The number of benzene rings is 2. The molecular formula is C30H33Cl2N3O6. The molecule has 0 aromatic heterocycles. The lowest BCUT2D eigenvalue weighted by Gasteiger charge is -2.45. The van der Waals surface area contributed by atoms with Gasteiger partial charge in [-0.2, -0.15) is 0 Å². The molecule has 3 fully saturated rings. The first-order valence-corrected chi connectivity index (χ1v) is 14.7. The summed E-state index contributed by atoms with van der Waals surface area (Å²) < 4.78 is 11.5. The van der Waals surface area contributed by atoms with Crippen LogP contribution in [0.4, 0.5) is 0 Å². The number of nitrogens with zero attached hydrogens (tertiary/aromatic N) is 3. The third-order valence-electron chi connectivity index (χ3n) is 8.21. The number of likely N-dealkylation sites (tertiary alicyclic amines) is 2. The molecule has 218 valence electrons. The monoisotopic (exact) mass is 601 g/mol. The molecule has 3 aliphatic rings. The van der Waals surface area contributed by atoms with Gasteiger partial charge >= 0.3 is 5.97 Å². The number of carbonyl (C=O) groups is 4. The fraction of sp³-hybridized carbons (Fsp3) is 0.467. The molecule has 3 aliphatic heterocycles. The van der Waals surface area contributed by atoms with Gasteiger partial charge in [0, 0.05) is 50.1 Å². The first-order valence-electron chi connectivity index (χ1n) is 14.0. The Morgan fingerprint density at radius 1 is 0.878 bits per heavy atom. The van der Waals surface area contributed by atoms with Gasteiger partial charge in [-0.3, -0.25) is 24.1 Å². The zero-order valence-corrected chi connectivity index (χ0v) is 24.4. The van der Waals surface area contributed by atoms with Gasteiger partial charge in [-0.1, -0.05) is 41.4 Å². The molecule has 0 radical (unpaired) electrons. The highest BCUT2D eigenvalue weighted by Gasteiger charge is 2.55. The molecule has 0 saturated carbocycles. The maximum absolute atomic E-state index is 13.9. The van der Waals surface area contributed by atoms with Crippen LogP contribution in [0.15, 0.2) is 48.5 Å². The predicted octanol–water partition coefficient (Wildman–Crippen LogP) is 4.27. The molecule has 0 N–H and O–H groups in total. The summed E-state index contributed by atoms with van der Waals surface area (Å²) in [5, 5.41) is 0.675. The van der Waals surface area contributed by atoms with E-state index in [2.05, 4.69) is 0 Å². The second kappa shape index (κ2) is 12.4. The summed E-state index contributed by atoms with van der Waals surface area (Å²) in [6.45, 7) is 3.66. The number of hydrogen-bond donors (Lipinski definition) is 0. The SMILES string of the molecule is CCOC(=O)C1CCN(C(=O)[C@H]2COC3(CCN(C(=O)c4ccc(Cl)c(Cl)c4)CC3)N2C(=O)c2ccccc2)CC1. The molecule has 9 nitrogen and oxygen atoms in total. The molecule has 41 heavy (non-hydrogen) atoms. The summed E-state index contributed by atoms with van der Waals surface area (Å²) in [6, 6.07) is 12.8. The third-order valence-corrected chi connectivity index (χ3v) is 8.95. The molecule has 0 bridgehead atoms. The molecule has 3 amide bonds. The fourth-order valence-corrected chi connectivity index (χ4v) is 6.25. The quantitative estimate of drug-likeness (QED) is 0.475. The molecule has 3 heterocycles. The minimum Gasteiger partial charge on any atom is -0.466 e. The van der Waals surface area contributed by atoms with Crippen LogP contribution in [0.3, 0.4) is 0 Å². The van der Waals surface area contributed by atoms with Crippen LogP contribution in [0.1, 0.15) is 53.3 Å². The van der Waals surface area contributed by atoms with Crippen LogP contribution in [0.5, 0.6) is 0 Å². The summed E-state index contributed by atoms with van der Waals surface area (Å²) in [6.07, 6.45) is 1.74. The molecule has 3 saturated heterocycles. The highest BCUT2D eigenvalue weighted by atomic mass is 35.5. The summed E-state index contributed by atoms with van der Waals surface area (Å²) in [5.41, 5.74) is -0.130. The highest BCUT2D eigenvalue weighted by molar-refractivity contribution is 6.42. The van der Waals surface area contributed by atoms with Crippen LogP contribution >= 0.6 is 23.2 Å². The predicted molar refractivity (Wildman–Crippen MR) is 153 cm³/mol. The van der Waals surface area contributed by atoms with E-state index in [0.29, 0.717) is 79.6 Å². The highest BCUT2D eigenvalue weighted by Crippen LogP contribution is 2.40. The lowest BCUT2D eigenvalue weighted by molar-refractivity contribution is -0.152. The lowest BCUT2D eigenvalue weighted by atomic mass is 9.94. The number of carbonyl (C=O) groups excluding carboxylic acids is 4. The van der Waals surface area contributed by atoms with E-state index in [0.717, 1.165) is 0 Å². The van der Waals surface area contributed by atoms with Crippen molar-refractivity contribution in [2.75, 3.05) is 39.4 Å². The Hall–Kier alpha value is -3.14. The van der Waals surface area contributed by atoms with Gasteiger partial charge in [0.15, 0.2) is 0 Å². The standard InChI is InChI=1S/C30H33Cl2N3O6/c1-2-40-29(39)21-10-14-33(15-11-21)28(38)25-19-41-30(35(25)27(37)20-6-4-3-5-7-20)12-16-34(17-13-30)26(36)22-8-9-23(31)24(32)18-22/h3-9,18,21,25H,2,10-17,19H2,1H3/t25-/m1/s1. The second-order valence-electron chi connectivity index (χ2n) is 10.6. The van der Waals surface area contributed by atoms with Crippen molar-refractivity contribution in [1.29, 1.82) is 0 Å². The molecule has 5 rings (SSSR count). The molecule has 2 aromatic carbocycles. The van der Waals surface area contributed by atoms with Crippen molar-refractivity contribution < 1.29 is 28.7 Å². The Bertz CT molecular complexity index is 1310. The van der Waals surface area contributed by atoms with E-state index < -0.39 is 11.8 Å². The number of hydrogen-bond acceptors (Lipinski definition) is 6. The van der Waals surface area contributed by atoms with Gasteiger partial charge < -0.3 is 19.3 Å². The Balaban J connectivity index is 1.33. The van der Waals surface area contributed by atoms with E-state index in [9.17, 15) is 19.2 Å². The van der Waals surface area contributed by atoms with Crippen molar-refractivity contribution in [3.8, 4) is 0 Å². The Labute approximate surface area is 249 Å². The Morgan fingerprint density at radius 3 is 2.20 bits per heavy atom. The third kappa shape index (κ3) is 5.94. The van der Waals surface area contributed by atoms with Gasteiger partial charge in [-0.25, -0.2) is 0 Å². The summed E-state index contributed by atoms with van der Waals surface area (Å²) in [5.74, 6) is -1.13. The van der Waals surface area contributed by atoms with Gasteiger partial charge in [-0.05, 0) is 50.1 Å². The summed E-state index contributed by atoms with van der Waals surface area (Å²) in [4.78, 5) is 58.2. The minimum atomic E-state index is -1.02. The van der Waals surface area contributed by atoms with Crippen molar-refractivity contribution in [3.05, 3.63) is 69.7 Å². The van der Waals surface area contributed by atoms with Gasteiger partial charge in [0.1, 0.15) is 11.8 Å². The average Bonchev–Trinajstić information content (AvgIpc) is 3.36. The Kier molecular flexibility index (Phi) is 8.87. The normalized spacial score (nSPS) is 20.8. The minimum absolute atomic E-state index is 0.0654. The van der Waals surface area contributed by atoms with E-state index in [1.54, 1.807) is 64.1 Å². The van der Waals surface area contributed by atoms with E-state index in [4.69, 9.17) is 32.7 Å². The first-order chi connectivity index (χ1) is 19.7. The second-order valence-corrected chi connectivity index (χ2v) is 11.4. The molecule has 0 unspecified atom stereocenters. The zero-order chi connectivity index (χ0) is 29.1. The van der Waals surface area contributed by atoms with Gasteiger partial charge in [0.05, 0.1) is 29.2 Å². The van der Waals surface area contributed by atoms with E-state index in [1.807, 2.05) is 6.07 Å². The van der Waals surface area contributed by atoms with E-state index >= 15 is 0 Å². The van der Waals surface area contributed by atoms with Crippen molar-refractivity contribution in [3.63, 3.8) is 0 Å². The number of amides is 3.